The molecule has 0 atom stereocenters. The Labute approximate surface area is 116 Å². The molecule has 1 rings (SSSR count). The summed E-state index contributed by atoms with van der Waals surface area (Å²) in [6.07, 6.45) is -3.13. The van der Waals surface area contributed by atoms with Gasteiger partial charge < -0.3 is 15.8 Å². The van der Waals surface area contributed by atoms with Crippen LogP contribution < -0.4 is 11.1 Å². The lowest BCUT2D eigenvalue weighted by Gasteiger charge is -2.34. The molecule has 0 aromatic heterocycles. The second-order valence-electron chi connectivity index (χ2n) is 5.21. The van der Waals surface area contributed by atoms with Crippen LogP contribution in [0, 0.1) is 5.41 Å². The molecule has 1 aliphatic heterocycles. The molecule has 8 heteroatoms. The maximum atomic E-state index is 12.1. The van der Waals surface area contributed by atoms with E-state index < -0.39 is 18.1 Å². The average Bonchev–Trinajstić information content (AvgIpc) is 2.37. The van der Waals surface area contributed by atoms with Crippen molar-refractivity contribution in [2.75, 3.05) is 46.4 Å². The van der Waals surface area contributed by atoms with E-state index >= 15 is 0 Å². The van der Waals surface area contributed by atoms with E-state index in [4.69, 9.17) is 10.5 Å². The lowest BCUT2D eigenvalue weighted by atomic mass is 9.79. The van der Waals surface area contributed by atoms with Crippen LogP contribution in [0.3, 0.4) is 0 Å². The molecule has 20 heavy (non-hydrogen) atoms. The first-order valence-electron chi connectivity index (χ1n) is 6.60. The Morgan fingerprint density at radius 2 is 2.00 bits per heavy atom. The minimum absolute atomic E-state index is 0.141. The van der Waals surface area contributed by atoms with Crippen LogP contribution in [0.4, 0.5) is 13.2 Å². The normalized spacial score (nSPS) is 19.1. The van der Waals surface area contributed by atoms with E-state index in [0.717, 1.165) is 4.90 Å². The molecule has 118 valence electrons. The lowest BCUT2D eigenvalue weighted by molar-refractivity contribution is -0.143. The van der Waals surface area contributed by atoms with Crippen LogP contribution in [0.15, 0.2) is 0 Å². The largest absolute Gasteiger partial charge is 0.401 e. The molecule has 0 spiro atoms. The maximum absolute atomic E-state index is 12.1. The van der Waals surface area contributed by atoms with Crippen LogP contribution in [-0.2, 0) is 9.53 Å². The number of carbonyl (C=O) groups is 1. The smallest absolute Gasteiger partial charge is 0.381 e. The van der Waals surface area contributed by atoms with Gasteiger partial charge in [0.15, 0.2) is 0 Å². The SMILES string of the molecule is CN(CCNC(=O)C1(CN)CCOCC1)CC(F)(F)F. The van der Waals surface area contributed by atoms with Crippen LogP contribution in [0.1, 0.15) is 12.8 Å². The summed E-state index contributed by atoms with van der Waals surface area (Å²) >= 11 is 0. The third kappa shape index (κ3) is 5.26. The Morgan fingerprint density at radius 1 is 1.40 bits per heavy atom. The standard InChI is InChI=1S/C12H22F3N3O2/c1-18(9-12(13,14)15)5-4-17-10(19)11(8-16)2-6-20-7-3-11/h2-9,16H2,1H3,(H,17,19). The number of nitrogens with two attached hydrogens (primary N) is 1. The van der Waals surface area contributed by atoms with Crippen molar-refractivity contribution in [1.82, 2.24) is 10.2 Å². The molecule has 0 aromatic rings. The zero-order valence-electron chi connectivity index (χ0n) is 11.6. The number of nitrogens with one attached hydrogen (secondary N) is 1. The minimum atomic E-state index is -4.22. The van der Waals surface area contributed by atoms with Crippen LogP contribution in [0.2, 0.25) is 0 Å². The number of likely N-dealkylation sites (N-methyl/N-ethyl adjacent to an activating group) is 1. The summed E-state index contributed by atoms with van der Waals surface area (Å²) in [7, 11) is 1.37. The topological polar surface area (TPSA) is 67.6 Å². The highest BCUT2D eigenvalue weighted by atomic mass is 19.4. The molecular formula is C12H22F3N3O2. The van der Waals surface area contributed by atoms with E-state index in [9.17, 15) is 18.0 Å². The van der Waals surface area contributed by atoms with Crippen LogP contribution in [0.25, 0.3) is 0 Å². The van der Waals surface area contributed by atoms with Gasteiger partial charge in [0.2, 0.25) is 5.91 Å². The quantitative estimate of drug-likeness (QED) is 0.742. The molecule has 3 N–H and O–H groups in total. The molecule has 1 aliphatic rings. The molecule has 5 nitrogen and oxygen atoms in total. The molecular weight excluding hydrogens is 275 g/mol. The molecule has 1 heterocycles. The van der Waals surface area contributed by atoms with Gasteiger partial charge in [-0.2, -0.15) is 13.2 Å². The summed E-state index contributed by atoms with van der Waals surface area (Å²) in [4.78, 5) is 13.3. The van der Waals surface area contributed by atoms with Crippen molar-refractivity contribution in [3.05, 3.63) is 0 Å². The fraction of sp³-hybridized carbons (Fsp3) is 0.917. The van der Waals surface area contributed by atoms with Gasteiger partial charge in [-0.1, -0.05) is 0 Å². The van der Waals surface area contributed by atoms with E-state index in [1.54, 1.807) is 0 Å². The third-order valence-corrected chi connectivity index (χ3v) is 3.55. The van der Waals surface area contributed by atoms with Gasteiger partial charge in [0.1, 0.15) is 0 Å². The van der Waals surface area contributed by atoms with Crippen molar-refractivity contribution in [2.45, 2.75) is 19.0 Å². The van der Waals surface area contributed by atoms with Crippen molar-refractivity contribution >= 4 is 5.91 Å². The Hall–Kier alpha value is -0.860. The molecule has 0 unspecified atom stereocenters. The molecule has 0 aromatic carbocycles. The van der Waals surface area contributed by atoms with Crippen molar-refractivity contribution in [1.29, 1.82) is 0 Å². The first kappa shape index (κ1) is 17.2. The summed E-state index contributed by atoms with van der Waals surface area (Å²) < 4.78 is 41.6. The second kappa shape index (κ2) is 7.24. The van der Waals surface area contributed by atoms with E-state index in [1.165, 1.54) is 7.05 Å². The van der Waals surface area contributed by atoms with Gasteiger partial charge in [-0.3, -0.25) is 9.69 Å². The zero-order chi connectivity index (χ0) is 15.2. The lowest BCUT2D eigenvalue weighted by Crippen LogP contribution is -2.50. The van der Waals surface area contributed by atoms with Crippen molar-refractivity contribution < 1.29 is 22.7 Å². The molecule has 1 amide bonds. The molecule has 0 bridgehead atoms. The number of nitrogens with zero attached hydrogens (tertiary/aromatic N) is 1. The van der Waals surface area contributed by atoms with Gasteiger partial charge in [-0.15, -0.1) is 0 Å². The van der Waals surface area contributed by atoms with Crippen molar-refractivity contribution in [3.8, 4) is 0 Å². The molecule has 0 aliphatic carbocycles. The van der Waals surface area contributed by atoms with E-state index in [1.807, 2.05) is 0 Å². The zero-order valence-corrected chi connectivity index (χ0v) is 11.6. The van der Waals surface area contributed by atoms with Gasteiger partial charge in [0.05, 0.1) is 12.0 Å². The van der Waals surface area contributed by atoms with Crippen LogP contribution in [0.5, 0.6) is 0 Å². The Morgan fingerprint density at radius 3 is 2.50 bits per heavy atom. The number of rotatable bonds is 6. The van der Waals surface area contributed by atoms with Gasteiger partial charge in [0.25, 0.3) is 0 Å². The number of hydrogen-bond donors (Lipinski definition) is 2. The molecule has 0 saturated carbocycles. The Balaban J connectivity index is 2.35. The van der Waals surface area contributed by atoms with Gasteiger partial charge in [-0.25, -0.2) is 0 Å². The predicted octanol–water partition coefficient (Wildman–Crippen LogP) is 0.352. The summed E-state index contributed by atoms with van der Waals surface area (Å²) in [6, 6.07) is 0. The highest BCUT2D eigenvalue weighted by molar-refractivity contribution is 5.83. The minimum Gasteiger partial charge on any atom is -0.381 e. The Bertz CT molecular complexity index is 318. The van der Waals surface area contributed by atoms with Crippen molar-refractivity contribution in [3.63, 3.8) is 0 Å². The molecule has 1 saturated heterocycles. The van der Waals surface area contributed by atoms with Crippen LogP contribution >= 0.6 is 0 Å². The van der Waals surface area contributed by atoms with Gasteiger partial charge in [-0.05, 0) is 19.9 Å². The summed E-state index contributed by atoms with van der Waals surface area (Å²) in [5.41, 5.74) is 5.04. The summed E-state index contributed by atoms with van der Waals surface area (Å²) in [5.74, 6) is -0.191. The number of alkyl halides is 3. The summed E-state index contributed by atoms with van der Waals surface area (Å²) in [5, 5.41) is 2.68. The van der Waals surface area contributed by atoms with Gasteiger partial charge >= 0.3 is 6.18 Å². The first-order valence-corrected chi connectivity index (χ1v) is 6.60. The number of ether oxygens (including phenoxy) is 1. The highest BCUT2D eigenvalue weighted by Crippen LogP contribution is 2.29. The fourth-order valence-corrected chi connectivity index (χ4v) is 2.22. The first-order chi connectivity index (χ1) is 9.29. The predicted molar refractivity (Wildman–Crippen MR) is 68.1 cm³/mol. The number of hydrogen-bond acceptors (Lipinski definition) is 4. The van der Waals surface area contributed by atoms with E-state index in [0.29, 0.717) is 26.1 Å². The van der Waals surface area contributed by atoms with E-state index in [-0.39, 0.29) is 25.5 Å². The molecule has 0 radical (unpaired) electrons. The number of halogens is 3. The Kier molecular flexibility index (Phi) is 6.22. The second-order valence-corrected chi connectivity index (χ2v) is 5.21. The average molecular weight is 297 g/mol. The highest BCUT2D eigenvalue weighted by Gasteiger charge is 2.38. The maximum Gasteiger partial charge on any atom is 0.401 e. The fourth-order valence-electron chi connectivity index (χ4n) is 2.22. The van der Waals surface area contributed by atoms with Crippen molar-refractivity contribution in [2.24, 2.45) is 11.1 Å². The number of amides is 1. The van der Waals surface area contributed by atoms with E-state index in [2.05, 4.69) is 5.32 Å². The third-order valence-electron chi connectivity index (χ3n) is 3.55. The number of carbonyl (C=O) groups excluding carboxylic acids is 1. The monoisotopic (exact) mass is 297 g/mol. The molecule has 1 fully saturated rings. The van der Waals surface area contributed by atoms with Gasteiger partial charge in [0, 0.05) is 32.8 Å². The van der Waals surface area contributed by atoms with Crippen LogP contribution in [-0.4, -0.2) is 63.4 Å². The summed E-state index contributed by atoms with van der Waals surface area (Å²) in [6.45, 7) is 0.521.